The van der Waals surface area contributed by atoms with Crippen molar-refractivity contribution in [2.45, 2.75) is 109 Å². The van der Waals surface area contributed by atoms with Crippen molar-refractivity contribution in [1.29, 1.82) is 0 Å². The lowest BCUT2D eigenvalue weighted by molar-refractivity contribution is -0.158. The SMILES string of the molecule is Cc1ccc(NC(=O)NC(Cc2cc(F)cc(F)c2)C(=O)N[C@H]2COC(=O)[C@@H]3CC(C)(C)CN3C(=O)[C@H](C)NC(=O)[C@@H]3CCCCN3C(=O)[C@@H]3CCCN3C2=O)cc1. The van der Waals surface area contributed by atoms with Crippen molar-refractivity contribution in [3.63, 3.8) is 0 Å². The Morgan fingerprint density at radius 2 is 1.52 bits per heavy atom. The molecule has 0 aromatic heterocycles. The Balaban J connectivity index is 1.32. The Labute approximate surface area is 335 Å². The van der Waals surface area contributed by atoms with Crippen LogP contribution in [0.4, 0.5) is 19.3 Å². The van der Waals surface area contributed by atoms with Gasteiger partial charge in [-0.25, -0.2) is 18.4 Å². The summed E-state index contributed by atoms with van der Waals surface area (Å²) in [5.74, 6) is -5.85. The van der Waals surface area contributed by atoms with Crippen LogP contribution in [0.5, 0.6) is 0 Å². The number of esters is 1. The molecule has 2 aromatic carbocycles. The van der Waals surface area contributed by atoms with Crippen molar-refractivity contribution in [3.05, 3.63) is 65.2 Å². The van der Waals surface area contributed by atoms with Crippen molar-refractivity contribution in [1.82, 2.24) is 30.7 Å². The molecule has 4 saturated heterocycles. The van der Waals surface area contributed by atoms with E-state index in [0.29, 0.717) is 37.4 Å². The van der Waals surface area contributed by atoms with E-state index in [-0.39, 0.29) is 38.0 Å². The molecule has 58 heavy (non-hydrogen) atoms. The number of carbonyl (C=O) groups is 7. The van der Waals surface area contributed by atoms with Crippen LogP contribution >= 0.6 is 0 Å². The van der Waals surface area contributed by atoms with Crippen LogP contribution in [0.15, 0.2) is 42.5 Å². The van der Waals surface area contributed by atoms with Crippen LogP contribution in [0.25, 0.3) is 0 Å². The lowest BCUT2D eigenvalue weighted by Gasteiger charge is -2.39. The first-order valence-electron chi connectivity index (χ1n) is 19.8. The molecule has 6 rings (SSSR count). The minimum atomic E-state index is -1.59. The smallest absolute Gasteiger partial charge is 0.328 e. The van der Waals surface area contributed by atoms with E-state index in [4.69, 9.17) is 4.74 Å². The monoisotopic (exact) mass is 807 g/mol. The predicted molar refractivity (Wildman–Crippen MR) is 206 cm³/mol. The molecular weight excluding hydrogens is 756 g/mol. The van der Waals surface area contributed by atoms with E-state index >= 15 is 0 Å². The highest BCUT2D eigenvalue weighted by Gasteiger charge is 2.48. The van der Waals surface area contributed by atoms with Gasteiger partial charge in [0, 0.05) is 37.8 Å². The van der Waals surface area contributed by atoms with Crippen LogP contribution in [0.1, 0.15) is 70.4 Å². The van der Waals surface area contributed by atoms with E-state index in [9.17, 15) is 42.3 Å². The zero-order valence-corrected chi connectivity index (χ0v) is 33.1. The Morgan fingerprint density at radius 3 is 2.22 bits per heavy atom. The number of carbonyl (C=O) groups excluding carboxylic acids is 7. The summed E-state index contributed by atoms with van der Waals surface area (Å²) in [5.41, 5.74) is 0.842. The van der Waals surface area contributed by atoms with Crippen molar-refractivity contribution in [2.75, 3.05) is 31.6 Å². The number of urea groups is 1. The van der Waals surface area contributed by atoms with E-state index in [2.05, 4.69) is 21.3 Å². The summed E-state index contributed by atoms with van der Waals surface area (Å²) < 4.78 is 34.3. The molecule has 0 spiro atoms. The first kappa shape index (κ1) is 42.0. The molecular formula is C41H51F2N7O8. The molecule has 4 aliphatic heterocycles. The van der Waals surface area contributed by atoms with E-state index in [1.807, 2.05) is 20.8 Å². The largest absolute Gasteiger partial charge is 0.461 e. The third-order valence-corrected chi connectivity index (χ3v) is 11.2. The van der Waals surface area contributed by atoms with E-state index in [1.54, 1.807) is 24.3 Å². The molecule has 6 atom stereocenters. The third-order valence-electron chi connectivity index (χ3n) is 11.2. The number of fused-ring (bicyclic) bond motifs is 3. The zero-order chi connectivity index (χ0) is 41.9. The third kappa shape index (κ3) is 9.73. The second kappa shape index (κ2) is 17.5. The Morgan fingerprint density at radius 1 is 0.862 bits per heavy atom. The number of benzene rings is 2. The number of nitrogens with one attached hydrogen (secondary N) is 4. The van der Waals surface area contributed by atoms with E-state index in [1.165, 1.54) is 21.6 Å². The van der Waals surface area contributed by atoms with Gasteiger partial charge in [-0.3, -0.25) is 24.0 Å². The van der Waals surface area contributed by atoms with Gasteiger partial charge in [-0.1, -0.05) is 31.5 Å². The van der Waals surface area contributed by atoms with Gasteiger partial charge in [0.2, 0.25) is 29.5 Å². The van der Waals surface area contributed by atoms with Crippen molar-refractivity contribution in [3.8, 4) is 0 Å². The maximum absolute atomic E-state index is 14.5. The highest BCUT2D eigenvalue weighted by molar-refractivity contribution is 5.98. The maximum Gasteiger partial charge on any atom is 0.328 e. The van der Waals surface area contributed by atoms with Gasteiger partial charge in [0.05, 0.1) is 0 Å². The van der Waals surface area contributed by atoms with Gasteiger partial charge in [0.25, 0.3) is 0 Å². The Bertz CT molecular complexity index is 1920. The number of cyclic esters (lactones) is 1. The van der Waals surface area contributed by atoms with E-state index < -0.39 is 108 Å². The molecule has 4 heterocycles. The van der Waals surface area contributed by atoms with Gasteiger partial charge < -0.3 is 40.7 Å². The number of hydrogen-bond donors (Lipinski definition) is 4. The molecule has 7 amide bonds. The number of nitrogens with zero attached hydrogens (tertiary/aromatic N) is 3. The Hall–Kier alpha value is -5.61. The summed E-state index contributed by atoms with van der Waals surface area (Å²) in [6.07, 6.45) is 2.16. The highest BCUT2D eigenvalue weighted by atomic mass is 19.1. The Kier molecular flexibility index (Phi) is 12.7. The van der Waals surface area contributed by atoms with Crippen LogP contribution in [-0.4, -0.2) is 119 Å². The summed E-state index contributed by atoms with van der Waals surface area (Å²) in [6.45, 7) is 7.01. The standard InChI is InChI=1S/C41H51F2N7O8/c1-23-10-12-28(13-11-23)45-40(57)47-29(18-25-16-26(42)19-27(43)17-25)34(51)46-30-21-58-39(56)33-20-41(3,4)22-50(33)36(53)24(2)44-35(52)31-8-5-6-14-48(31)38(55)32-9-7-15-49(32)37(30)54/h10-13,16-17,19,24,29-33H,5-9,14-15,18,20-22H2,1-4H3,(H,44,52)(H,46,51)(H2,45,47,57)/t24-,29?,30-,31-,32-,33-/m0/s1. The number of ether oxygens (including phenoxy) is 1. The van der Waals surface area contributed by atoms with Gasteiger partial charge in [0.1, 0.15) is 54.5 Å². The lowest BCUT2D eigenvalue weighted by Crippen LogP contribution is -2.62. The number of piperidine rings is 1. The highest BCUT2D eigenvalue weighted by Crippen LogP contribution is 2.35. The molecule has 0 aliphatic carbocycles. The predicted octanol–water partition coefficient (Wildman–Crippen LogP) is 2.55. The molecule has 4 N–H and O–H groups in total. The molecule has 4 aliphatic rings. The number of rotatable bonds is 6. The molecule has 4 fully saturated rings. The molecule has 0 bridgehead atoms. The summed E-state index contributed by atoms with van der Waals surface area (Å²) in [4.78, 5) is 102. The lowest BCUT2D eigenvalue weighted by atomic mass is 9.91. The van der Waals surface area contributed by atoms with Crippen LogP contribution < -0.4 is 21.3 Å². The van der Waals surface area contributed by atoms with Gasteiger partial charge in [0.15, 0.2) is 0 Å². The van der Waals surface area contributed by atoms with Gasteiger partial charge in [-0.15, -0.1) is 0 Å². The summed E-state index contributed by atoms with van der Waals surface area (Å²) in [5, 5.41) is 10.5. The number of amides is 7. The number of anilines is 1. The fraction of sp³-hybridized carbons (Fsp3) is 0.537. The zero-order valence-electron chi connectivity index (χ0n) is 33.1. The molecule has 15 nitrogen and oxygen atoms in total. The summed E-state index contributed by atoms with van der Waals surface area (Å²) in [7, 11) is 0. The summed E-state index contributed by atoms with van der Waals surface area (Å²) >= 11 is 0. The first-order chi connectivity index (χ1) is 27.5. The number of aryl methyl sites for hydroxylation is 1. The average molecular weight is 808 g/mol. The average Bonchev–Trinajstić information content (AvgIpc) is 3.79. The quantitative estimate of drug-likeness (QED) is 0.321. The second-order valence-corrected chi connectivity index (χ2v) is 16.5. The molecule has 1 unspecified atom stereocenters. The fourth-order valence-corrected chi connectivity index (χ4v) is 8.32. The number of halogens is 2. The second-order valence-electron chi connectivity index (χ2n) is 16.5. The molecule has 312 valence electrons. The van der Waals surface area contributed by atoms with E-state index in [0.717, 1.165) is 17.7 Å². The van der Waals surface area contributed by atoms with Gasteiger partial charge >= 0.3 is 12.0 Å². The van der Waals surface area contributed by atoms with Crippen molar-refractivity contribution < 1.29 is 47.1 Å². The minimum absolute atomic E-state index is 0.0252. The fourth-order valence-electron chi connectivity index (χ4n) is 8.32. The molecule has 2 aromatic rings. The molecule has 0 radical (unpaired) electrons. The van der Waals surface area contributed by atoms with Gasteiger partial charge in [-0.05, 0) is 87.6 Å². The minimum Gasteiger partial charge on any atom is -0.461 e. The summed E-state index contributed by atoms with van der Waals surface area (Å²) in [6, 6.07) is 1.56. The van der Waals surface area contributed by atoms with Crippen molar-refractivity contribution >= 4 is 47.2 Å². The van der Waals surface area contributed by atoms with Crippen LogP contribution in [0.2, 0.25) is 0 Å². The molecule has 0 saturated carbocycles. The first-order valence-corrected chi connectivity index (χ1v) is 19.8. The topological polar surface area (TPSA) is 187 Å². The van der Waals surface area contributed by atoms with Crippen LogP contribution in [-0.2, 0) is 39.9 Å². The van der Waals surface area contributed by atoms with Crippen LogP contribution in [0, 0.1) is 24.0 Å². The van der Waals surface area contributed by atoms with Gasteiger partial charge in [-0.2, -0.15) is 0 Å². The van der Waals surface area contributed by atoms with Crippen molar-refractivity contribution in [2.24, 2.45) is 5.41 Å². The molecule has 17 heteroatoms. The normalized spacial score (nSPS) is 25.9. The maximum atomic E-state index is 14.5. The number of hydrogen-bond acceptors (Lipinski definition) is 8. The van der Waals surface area contributed by atoms with Crippen LogP contribution in [0.3, 0.4) is 0 Å².